The molecule has 0 saturated heterocycles. The Morgan fingerprint density at radius 1 is 0.407 bits per heavy atom. The van der Waals surface area contributed by atoms with Crippen molar-refractivity contribution in [3.05, 3.63) is 187 Å². The Morgan fingerprint density at radius 2 is 0.981 bits per heavy atom. The second-order valence-electron chi connectivity index (χ2n) is 15.1. The minimum Gasteiger partial charge on any atom is -0.264 e. The normalized spacial score (nSPS) is 13.1. The van der Waals surface area contributed by atoms with E-state index in [9.17, 15) is 0 Å². The number of nitrogens with zero attached hydrogens (tertiary/aromatic N) is 1. The van der Waals surface area contributed by atoms with Gasteiger partial charge in [-0.1, -0.05) is 159 Å². The molecular formula is C52H35NS. The van der Waals surface area contributed by atoms with Crippen LogP contribution in [0.2, 0.25) is 0 Å². The summed E-state index contributed by atoms with van der Waals surface area (Å²) in [6.07, 6.45) is 3.78. The van der Waals surface area contributed by atoms with Crippen molar-refractivity contribution in [1.82, 2.24) is 4.98 Å². The highest BCUT2D eigenvalue weighted by atomic mass is 32.1. The third-order valence-corrected chi connectivity index (χ3v) is 13.0. The van der Waals surface area contributed by atoms with Crippen molar-refractivity contribution in [3.63, 3.8) is 0 Å². The van der Waals surface area contributed by atoms with Gasteiger partial charge in [0.05, 0.1) is 0 Å². The largest absolute Gasteiger partial charge is 0.264 e. The first kappa shape index (κ1) is 31.2. The van der Waals surface area contributed by atoms with Gasteiger partial charge >= 0.3 is 0 Å². The molecule has 11 rings (SSSR count). The van der Waals surface area contributed by atoms with Crippen LogP contribution in [-0.4, -0.2) is 4.98 Å². The minimum absolute atomic E-state index is 0.141. The zero-order valence-corrected chi connectivity index (χ0v) is 30.9. The molecule has 0 atom stereocenters. The lowest BCUT2D eigenvalue weighted by atomic mass is 9.80. The van der Waals surface area contributed by atoms with Crippen LogP contribution in [0.4, 0.5) is 0 Å². The van der Waals surface area contributed by atoms with E-state index in [1.54, 1.807) is 0 Å². The first-order chi connectivity index (χ1) is 26.5. The van der Waals surface area contributed by atoms with Crippen molar-refractivity contribution in [2.24, 2.45) is 0 Å². The molecule has 0 saturated carbocycles. The van der Waals surface area contributed by atoms with E-state index in [1.807, 2.05) is 29.8 Å². The fraction of sp³-hybridized carbons (Fsp3) is 0.0577. The molecule has 2 heteroatoms. The first-order valence-corrected chi connectivity index (χ1v) is 19.5. The standard InChI is InChI=1S/C52H35NS/c1-52(2)45-27-26-43-38-24-22-35(37-13-10-28-53-31-37)30-47(38)54-51(43)50(45)44-25-23-36(29-46(44)52)49-41-16-8-6-14-39(41)48(40-15-7-9-17-42(40)49)34-20-18-33(19-21-34)32-11-4-3-5-12-32/h3-31H,1-2H3. The van der Waals surface area contributed by atoms with Crippen molar-refractivity contribution >= 4 is 53.1 Å². The van der Waals surface area contributed by atoms with Crippen LogP contribution in [-0.2, 0) is 5.41 Å². The van der Waals surface area contributed by atoms with Gasteiger partial charge in [0, 0.05) is 49.1 Å². The number of rotatable bonds is 4. The molecule has 0 aliphatic heterocycles. The molecule has 0 N–H and O–H groups in total. The number of hydrogen-bond acceptors (Lipinski definition) is 2. The van der Waals surface area contributed by atoms with Crippen LogP contribution < -0.4 is 0 Å². The van der Waals surface area contributed by atoms with Crippen LogP contribution in [0.5, 0.6) is 0 Å². The van der Waals surface area contributed by atoms with E-state index < -0.39 is 0 Å². The average Bonchev–Trinajstić information content (AvgIpc) is 3.71. The molecule has 0 fully saturated rings. The van der Waals surface area contributed by atoms with E-state index in [0.717, 1.165) is 5.56 Å². The van der Waals surface area contributed by atoms with Gasteiger partial charge in [-0.25, -0.2) is 0 Å². The number of aromatic nitrogens is 1. The van der Waals surface area contributed by atoms with Crippen molar-refractivity contribution in [2.45, 2.75) is 19.3 Å². The highest BCUT2D eigenvalue weighted by Gasteiger charge is 2.37. The van der Waals surface area contributed by atoms with Gasteiger partial charge in [0.1, 0.15) is 0 Å². The number of hydrogen-bond donors (Lipinski definition) is 0. The molecule has 10 aromatic rings. The van der Waals surface area contributed by atoms with Crippen LogP contribution in [0.1, 0.15) is 25.0 Å². The number of thiophene rings is 1. The lowest BCUT2D eigenvalue weighted by molar-refractivity contribution is 0.661. The Bertz CT molecular complexity index is 3040. The zero-order chi connectivity index (χ0) is 36.0. The fourth-order valence-electron chi connectivity index (χ4n) is 9.13. The molecule has 54 heavy (non-hydrogen) atoms. The van der Waals surface area contributed by atoms with E-state index in [2.05, 4.69) is 177 Å². The van der Waals surface area contributed by atoms with Gasteiger partial charge in [0.15, 0.2) is 0 Å². The third kappa shape index (κ3) is 4.60. The summed E-state index contributed by atoms with van der Waals surface area (Å²) in [4.78, 5) is 4.37. The van der Waals surface area contributed by atoms with Crippen molar-refractivity contribution in [1.29, 1.82) is 0 Å². The van der Waals surface area contributed by atoms with Gasteiger partial charge in [0.25, 0.3) is 0 Å². The highest BCUT2D eigenvalue weighted by molar-refractivity contribution is 7.26. The molecule has 8 aromatic carbocycles. The monoisotopic (exact) mass is 705 g/mol. The van der Waals surface area contributed by atoms with E-state index in [0.29, 0.717) is 0 Å². The van der Waals surface area contributed by atoms with Gasteiger partial charge in [-0.3, -0.25) is 4.98 Å². The van der Waals surface area contributed by atoms with Gasteiger partial charge in [0.2, 0.25) is 0 Å². The van der Waals surface area contributed by atoms with E-state index >= 15 is 0 Å². The molecule has 0 amide bonds. The molecule has 0 radical (unpaired) electrons. The predicted molar refractivity (Wildman–Crippen MR) is 231 cm³/mol. The summed E-state index contributed by atoms with van der Waals surface area (Å²) in [5.41, 5.74) is 15.3. The summed E-state index contributed by atoms with van der Waals surface area (Å²) in [7, 11) is 0. The maximum Gasteiger partial charge on any atom is 0.0437 e. The molecule has 2 aromatic heterocycles. The third-order valence-electron chi connectivity index (χ3n) is 11.8. The summed E-state index contributed by atoms with van der Waals surface area (Å²) in [6, 6.07) is 60.7. The average molecular weight is 706 g/mol. The van der Waals surface area contributed by atoms with Gasteiger partial charge < -0.3 is 0 Å². The Hall–Kier alpha value is -6.35. The van der Waals surface area contributed by atoms with Crippen LogP contribution in [0, 0.1) is 0 Å². The summed E-state index contributed by atoms with van der Waals surface area (Å²) in [6.45, 7) is 4.80. The molecule has 1 aliphatic rings. The van der Waals surface area contributed by atoms with Crippen LogP contribution >= 0.6 is 11.3 Å². The smallest absolute Gasteiger partial charge is 0.0437 e. The molecule has 1 nitrogen and oxygen atoms in total. The van der Waals surface area contributed by atoms with Gasteiger partial charge in [-0.2, -0.15) is 0 Å². The van der Waals surface area contributed by atoms with Crippen LogP contribution in [0.3, 0.4) is 0 Å². The number of benzene rings is 8. The maximum atomic E-state index is 4.37. The molecular weight excluding hydrogens is 671 g/mol. The molecule has 254 valence electrons. The molecule has 0 spiro atoms. The van der Waals surface area contributed by atoms with E-state index in [-0.39, 0.29) is 5.41 Å². The van der Waals surface area contributed by atoms with E-state index in [1.165, 1.54) is 103 Å². The van der Waals surface area contributed by atoms with Crippen molar-refractivity contribution < 1.29 is 0 Å². The Labute approximate surface area is 318 Å². The molecule has 0 bridgehead atoms. The van der Waals surface area contributed by atoms with Gasteiger partial charge in [-0.05, 0) is 95.4 Å². The Kier molecular flexibility index (Phi) is 6.84. The molecule has 0 unspecified atom stereocenters. The SMILES string of the molecule is CC1(C)c2cc(-c3c4ccccc4c(-c4ccc(-c5ccccc5)cc4)c4ccccc34)ccc2-c2c1ccc1c2sc2cc(-c3cccnc3)ccc21. The van der Waals surface area contributed by atoms with Crippen molar-refractivity contribution in [3.8, 4) is 55.6 Å². The maximum absolute atomic E-state index is 4.37. The Balaban J connectivity index is 1.09. The summed E-state index contributed by atoms with van der Waals surface area (Å²) >= 11 is 1.92. The minimum atomic E-state index is -0.141. The van der Waals surface area contributed by atoms with Crippen molar-refractivity contribution in [2.75, 3.05) is 0 Å². The Morgan fingerprint density at radius 3 is 1.67 bits per heavy atom. The summed E-state index contributed by atoms with van der Waals surface area (Å²) in [5, 5.41) is 7.77. The number of pyridine rings is 1. The topological polar surface area (TPSA) is 12.9 Å². The van der Waals surface area contributed by atoms with Gasteiger partial charge in [-0.15, -0.1) is 11.3 Å². The van der Waals surface area contributed by atoms with Crippen LogP contribution in [0.25, 0.3) is 97.4 Å². The second kappa shape index (κ2) is 11.8. The summed E-state index contributed by atoms with van der Waals surface area (Å²) in [5.74, 6) is 0. The summed E-state index contributed by atoms with van der Waals surface area (Å²) < 4.78 is 2.69. The van der Waals surface area contributed by atoms with E-state index in [4.69, 9.17) is 0 Å². The predicted octanol–water partition coefficient (Wildman–Crippen LogP) is 14.7. The zero-order valence-electron chi connectivity index (χ0n) is 30.1. The first-order valence-electron chi connectivity index (χ1n) is 18.7. The second-order valence-corrected chi connectivity index (χ2v) is 16.1. The number of fused-ring (bicyclic) bond motifs is 9. The highest BCUT2D eigenvalue weighted by Crippen LogP contribution is 2.55. The van der Waals surface area contributed by atoms with Crippen LogP contribution in [0.15, 0.2) is 176 Å². The quantitative estimate of drug-likeness (QED) is 0.166. The molecule has 2 heterocycles. The molecule has 1 aliphatic carbocycles. The lowest BCUT2D eigenvalue weighted by Gasteiger charge is -2.23. The fourth-order valence-corrected chi connectivity index (χ4v) is 10.4. The lowest BCUT2D eigenvalue weighted by Crippen LogP contribution is -2.15.